The van der Waals surface area contributed by atoms with Gasteiger partial charge in [-0.3, -0.25) is 0 Å². The van der Waals surface area contributed by atoms with Crippen molar-refractivity contribution in [1.82, 2.24) is 0 Å². The van der Waals surface area contributed by atoms with Crippen LogP contribution in [0.5, 0.6) is 0 Å². The Bertz CT molecular complexity index is 538. The molecule has 3 rings (SSSR count). The Morgan fingerprint density at radius 1 is 1.17 bits per heavy atom. The van der Waals surface area contributed by atoms with E-state index in [0.717, 1.165) is 17.4 Å². The molecular formula is C17H20Si. The Morgan fingerprint density at radius 2 is 1.89 bits per heavy atom. The molecule has 1 aromatic rings. The maximum atomic E-state index is 3.69. The lowest BCUT2D eigenvalue weighted by atomic mass is 10.2. The molecule has 2 aliphatic rings. The van der Waals surface area contributed by atoms with E-state index >= 15 is 0 Å². The Morgan fingerprint density at radius 3 is 2.44 bits per heavy atom. The van der Waals surface area contributed by atoms with Gasteiger partial charge in [-0.1, -0.05) is 61.8 Å². The van der Waals surface area contributed by atoms with E-state index in [4.69, 9.17) is 0 Å². The minimum Gasteiger partial charge on any atom is -0.0934 e. The lowest BCUT2D eigenvalue weighted by Gasteiger charge is -2.27. The van der Waals surface area contributed by atoms with Crippen LogP contribution in [-0.2, 0) is 0 Å². The molecule has 3 atom stereocenters. The summed E-state index contributed by atoms with van der Waals surface area (Å²) in [6, 6.07) is 10.4. The molecule has 0 heterocycles. The van der Waals surface area contributed by atoms with Crippen molar-refractivity contribution < 1.29 is 0 Å². The molecule has 0 aromatic heterocycles. The summed E-state index contributed by atoms with van der Waals surface area (Å²) in [6.07, 6.45) is 6.01. The number of rotatable bonds is 1. The second kappa shape index (κ2) is 3.86. The van der Waals surface area contributed by atoms with E-state index in [0.29, 0.717) is 5.04 Å². The first-order valence-electron chi connectivity index (χ1n) is 6.80. The molecule has 2 aliphatic carbocycles. The Balaban J connectivity index is 1.95. The highest BCUT2D eigenvalue weighted by Gasteiger charge is 2.69. The van der Waals surface area contributed by atoms with Gasteiger partial charge in [0, 0.05) is 10.6 Å². The third kappa shape index (κ3) is 1.60. The number of hydrogen-bond donors (Lipinski definition) is 0. The van der Waals surface area contributed by atoms with Gasteiger partial charge in [-0.2, -0.15) is 0 Å². The second-order valence-electron chi connectivity index (χ2n) is 6.53. The van der Waals surface area contributed by atoms with Crippen molar-refractivity contribution in [3.8, 4) is 11.8 Å². The maximum absolute atomic E-state index is 3.69. The summed E-state index contributed by atoms with van der Waals surface area (Å²) in [6.45, 7) is 7.41. The summed E-state index contributed by atoms with van der Waals surface area (Å²) in [5.74, 6) is 8.69. The average molecular weight is 252 g/mol. The molecule has 0 bridgehead atoms. The standard InChI is InChI=1S/C17H20Si/c1-18(2,3)17(15-10-7-11-16(15)17)13-12-14-8-5-4-6-9-14/h4-10,15-16H,11H2,1-3H3. The number of benzene rings is 1. The predicted octanol–water partition coefficient (Wildman–Crippen LogP) is 4.32. The van der Waals surface area contributed by atoms with Crippen molar-refractivity contribution in [3.05, 3.63) is 48.0 Å². The highest BCUT2D eigenvalue weighted by molar-refractivity contribution is 6.81. The topological polar surface area (TPSA) is 0 Å². The van der Waals surface area contributed by atoms with Gasteiger partial charge in [0.05, 0.1) is 8.07 Å². The van der Waals surface area contributed by atoms with E-state index in [1.165, 1.54) is 6.42 Å². The fourth-order valence-electron chi connectivity index (χ4n) is 3.60. The largest absolute Gasteiger partial charge is 0.0934 e. The van der Waals surface area contributed by atoms with E-state index < -0.39 is 8.07 Å². The van der Waals surface area contributed by atoms with Crippen LogP contribution in [0.25, 0.3) is 0 Å². The zero-order valence-corrected chi connectivity index (χ0v) is 12.4. The van der Waals surface area contributed by atoms with Gasteiger partial charge in [0.15, 0.2) is 0 Å². The van der Waals surface area contributed by atoms with Gasteiger partial charge < -0.3 is 0 Å². The smallest absolute Gasteiger partial charge is 0.0663 e. The molecule has 0 N–H and O–H groups in total. The molecule has 1 saturated carbocycles. The highest BCUT2D eigenvalue weighted by Crippen LogP contribution is 2.74. The quantitative estimate of drug-likeness (QED) is 0.396. The van der Waals surface area contributed by atoms with Gasteiger partial charge in [-0.05, 0) is 30.4 Å². The summed E-state index contributed by atoms with van der Waals surface area (Å²) in [5.41, 5.74) is 1.16. The number of hydrogen-bond acceptors (Lipinski definition) is 0. The summed E-state index contributed by atoms with van der Waals surface area (Å²) in [7, 11) is -1.25. The van der Waals surface area contributed by atoms with Gasteiger partial charge in [0.1, 0.15) is 0 Å². The summed E-state index contributed by atoms with van der Waals surface area (Å²) < 4.78 is 0. The molecule has 0 amide bonds. The first-order chi connectivity index (χ1) is 8.56. The van der Waals surface area contributed by atoms with E-state index in [-0.39, 0.29) is 0 Å². The lowest BCUT2D eigenvalue weighted by Crippen LogP contribution is -2.31. The summed E-state index contributed by atoms with van der Waals surface area (Å²) >= 11 is 0. The molecule has 1 heteroatoms. The average Bonchev–Trinajstić information content (AvgIpc) is 2.71. The molecule has 3 unspecified atom stereocenters. The highest BCUT2D eigenvalue weighted by atomic mass is 28.3. The van der Waals surface area contributed by atoms with Crippen molar-refractivity contribution in [2.24, 2.45) is 11.8 Å². The van der Waals surface area contributed by atoms with Crippen LogP contribution in [0.2, 0.25) is 24.7 Å². The maximum Gasteiger partial charge on any atom is 0.0663 e. The number of allylic oxidation sites excluding steroid dienone is 2. The normalized spacial score (nSPS) is 32.6. The molecule has 0 spiro atoms. The van der Waals surface area contributed by atoms with Crippen molar-refractivity contribution in [2.45, 2.75) is 31.1 Å². The van der Waals surface area contributed by atoms with Crippen molar-refractivity contribution in [1.29, 1.82) is 0 Å². The van der Waals surface area contributed by atoms with Crippen LogP contribution in [0.1, 0.15) is 12.0 Å². The molecule has 0 nitrogen and oxygen atoms in total. The Kier molecular flexibility index (Phi) is 2.54. The van der Waals surface area contributed by atoms with Crippen LogP contribution < -0.4 is 0 Å². The zero-order chi connectivity index (χ0) is 12.8. The van der Waals surface area contributed by atoms with Crippen LogP contribution in [0.3, 0.4) is 0 Å². The first-order valence-corrected chi connectivity index (χ1v) is 10.3. The Labute approximate surface area is 111 Å². The van der Waals surface area contributed by atoms with Crippen molar-refractivity contribution in [3.63, 3.8) is 0 Å². The van der Waals surface area contributed by atoms with Crippen LogP contribution in [-0.4, -0.2) is 8.07 Å². The van der Waals surface area contributed by atoms with Gasteiger partial charge in [-0.25, -0.2) is 0 Å². The molecule has 0 radical (unpaired) electrons. The fourth-order valence-corrected chi connectivity index (χ4v) is 6.66. The minimum absolute atomic E-state index is 0.345. The van der Waals surface area contributed by atoms with Gasteiger partial charge in [0.2, 0.25) is 0 Å². The Hall–Kier alpha value is -1.26. The second-order valence-corrected chi connectivity index (χ2v) is 11.9. The number of fused-ring (bicyclic) bond motifs is 1. The molecule has 18 heavy (non-hydrogen) atoms. The molecule has 0 saturated heterocycles. The minimum atomic E-state index is -1.25. The molecule has 1 fully saturated rings. The fraction of sp³-hybridized carbons (Fsp3) is 0.412. The van der Waals surface area contributed by atoms with Crippen LogP contribution in [0.4, 0.5) is 0 Å². The SMILES string of the molecule is C[Si](C)(C)C1(C#Cc2ccccc2)C2C=CCC21. The van der Waals surface area contributed by atoms with E-state index in [9.17, 15) is 0 Å². The van der Waals surface area contributed by atoms with Gasteiger partial charge in [0.25, 0.3) is 0 Å². The predicted molar refractivity (Wildman–Crippen MR) is 80.1 cm³/mol. The summed E-state index contributed by atoms with van der Waals surface area (Å²) in [5, 5.41) is 0.345. The zero-order valence-electron chi connectivity index (χ0n) is 11.4. The van der Waals surface area contributed by atoms with Gasteiger partial charge >= 0.3 is 0 Å². The van der Waals surface area contributed by atoms with Gasteiger partial charge in [-0.15, -0.1) is 0 Å². The van der Waals surface area contributed by atoms with Crippen LogP contribution in [0.15, 0.2) is 42.5 Å². The first kappa shape index (κ1) is 11.8. The summed E-state index contributed by atoms with van der Waals surface area (Å²) in [4.78, 5) is 0. The molecular weight excluding hydrogens is 232 g/mol. The molecule has 0 aliphatic heterocycles. The third-order valence-electron chi connectivity index (χ3n) is 4.60. The van der Waals surface area contributed by atoms with Crippen LogP contribution >= 0.6 is 0 Å². The van der Waals surface area contributed by atoms with E-state index in [1.807, 2.05) is 6.07 Å². The van der Waals surface area contributed by atoms with E-state index in [1.54, 1.807) is 0 Å². The molecule has 1 aromatic carbocycles. The van der Waals surface area contributed by atoms with Crippen molar-refractivity contribution in [2.75, 3.05) is 0 Å². The van der Waals surface area contributed by atoms with Crippen LogP contribution in [0, 0.1) is 23.7 Å². The molecule has 92 valence electrons. The third-order valence-corrected chi connectivity index (χ3v) is 7.91. The monoisotopic (exact) mass is 252 g/mol. The van der Waals surface area contributed by atoms with E-state index in [2.05, 4.69) is 67.9 Å². The van der Waals surface area contributed by atoms with Crippen molar-refractivity contribution >= 4 is 8.07 Å². The lowest BCUT2D eigenvalue weighted by molar-refractivity contribution is 0.818.